The molecular formula is C12H14O7. The van der Waals surface area contributed by atoms with Crippen LogP contribution in [0.5, 0.6) is 17.2 Å². The number of carbonyl (C=O) groups is 2. The van der Waals surface area contributed by atoms with E-state index in [1.54, 1.807) is 6.92 Å². The third-order valence-corrected chi connectivity index (χ3v) is 2.35. The number of methoxy groups -OCH3 is 2. The van der Waals surface area contributed by atoms with Crippen LogP contribution in [0.1, 0.15) is 27.6 Å². The summed E-state index contributed by atoms with van der Waals surface area (Å²) in [5.41, 5.74) is -0.722. The van der Waals surface area contributed by atoms with E-state index in [9.17, 15) is 14.7 Å². The van der Waals surface area contributed by atoms with Gasteiger partial charge in [-0.25, -0.2) is 9.59 Å². The molecule has 0 aliphatic rings. The molecule has 1 aromatic rings. The summed E-state index contributed by atoms with van der Waals surface area (Å²) in [6.07, 6.45) is 0. The zero-order valence-electron chi connectivity index (χ0n) is 10.7. The van der Waals surface area contributed by atoms with Crippen LogP contribution in [-0.2, 0) is 4.74 Å². The number of aromatic hydroxyl groups is 1. The normalized spacial score (nSPS) is 9.84. The quantitative estimate of drug-likeness (QED) is 0.777. The summed E-state index contributed by atoms with van der Waals surface area (Å²) >= 11 is 0. The highest BCUT2D eigenvalue weighted by atomic mass is 16.5. The van der Waals surface area contributed by atoms with E-state index in [0.29, 0.717) is 0 Å². The van der Waals surface area contributed by atoms with Crippen molar-refractivity contribution in [3.63, 3.8) is 0 Å². The molecule has 0 saturated carbocycles. The van der Waals surface area contributed by atoms with Crippen LogP contribution in [0.15, 0.2) is 6.07 Å². The first-order chi connectivity index (χ1) is 8.97. The Balaban J connectivity index is 3.60. The van der Waals surface area contributed by atoms with Crippen LogP contribution in [0.4, 0.5) is 0 Å². The molecule has 0 fully saturated rings. The second-order valence-electron chi connectivity index (χ2n) is 3.41. The maximum Gasteiger partial charge on any atom is 0.342 e. The van der Waals surface area contributed by atoms with Crippen LogP contribution < -0.4 is 9.47 Å². The van der Waals surface area contributed by atoms with Crippen LogP contribution in [0.25, 0.3) is 0 Å². The predicted octanol–water partition coefficient (Wildman–Crippen LogP) is 1.28. The van der Waals surface area contributed by atoms with Crippen molar-refractivity contribution in [1.29, 1.82) is 0 Å². The van der Waals surface area contributed by atoms with Gasteiger partial charge in [-0.3, -0.25) is 0 Å². The minimum Gasteiger partial charge on any atom is -0.502 e. The number of phenolic OH excluding ortho intramolecular Hbond substituents is 1. The molecule has 7 nitrogen and oxygen atoms in total. The van der Waals surface area contributed by atoms with Crippen molar-refractivity contribution in [2.75, 3.05) is 20.8 Å². The van der Waals surface area contributed by atoms with Gasteiger partial charge in [0.15, 0.2) is 11.5 Å². The number of carbonyl (C=O) groups excluding carboxylic acids is 1. The van der Waals surface area contributed by atoms with Crippen molar-refractivity contribution in [3.05, 3.63) is 17.2 Å². The molecule has 0 bridgehead atoms. The Kier molecular flexibility index (Phi) is 4.57. The lowest BCUT2D eigenvalue weighted by molar-refractivity contribution is 0.0509. The third kappa shape index (κ3) is 2.70. The smallest absolute Gasteiger partial charge is 0.342 e. The summed E-state index contributed by atoms with van der Waals surface area (Å²) in [5.74, 6) is -3.12. The third-order valence-electron chi connectivity index (χ3n) is 2.35. The highest BCUT2D eigenvalue weighted by molar-refractivity contribution is 6.06. The maximum atomic E-state index is 11.8. The predicted molar refractivity (Wildman–Crippen MR) is 64.1 cm³/mol. The summed E-state index contributed by atoms with van der Waals surface area (Å²) in [6.45, 7) is 1.64. The molecule has 0 atom stereocenters. The van der Waals surface area contributed by atoms with Gasteiger partial charge >= 0.3 is 11.9 Å². The van der Waals surface area contributed by atoms with E-state index in [1.165, 1.54) is 14.2 Å². The van der Waals surface area contributed by atoms with E-state index >= 15 is 0 Å². The first kappa shape index (κ1) is 14.6. The number of benzene rings is 1. The van der Waals surface area contributed by atoms with Gasteiger partial charge in [-0.15, -0.1) is 0 Å². The average molecular weight is 270 g/mol. The van der Waals surface area contributed by atoms with Crippen LogP contribution in [0.2, 0.25) is 0 Å². The Labute approximate surface area is 109 Å². The van der Waals surface area contributed by atoms with Gasteiger partial charge < -0.3 is 24.4 Å². The van der Waals surface area contributed by atoms with Crippen molar-refractivity contribution < 1.29 is 34.0 Å². The number of aromatic carboxylic acids is 1. The Hall–Kier alpha value is -2.44. The Bertz CT molecular complexity index is 507. The molecule has 104 valence electrons. The van der Waals surface area contributed by atoms with E-state index in [0.717, 1.165) is 6.07 Å². The van der Waals surface area contributed by atoms with Crippen molar-refractivity contribution in [2.24, 2.45) is 0 Å². The molecule has 1 rings (SSSR count). The molecular weight excluding hydrogens is 256 g/mol. The van der Waals surface area contributed by atoms with Crippen molar-refractivity contribution >= 4 is 11.9 Å². The van der Waals surface area contributed by atoms with Gasteiger partial charge in [0.1, 0.15) is 5.56 Å². The van der Waals surface area contributed by atoms with Crippen LogP contribution >= 0.6 is 0 Å². The first-order valence-electron chi connectivity index (χ1n) is 5.36. The van der Waals surface area contributed by atoms with Gasteiger partial charge in [-0.1, -0.05) is 0 Å². The van der Waals surface area contributed by atoms with Crippen LogP contribution in [-0.4, -0.2) is 43.0 Å². The lowest BCUT2D eigenvalue weighted by Gasteiger charge is -2.14. The van der Waals surface area contributed by atoms with E-state index in [4.69, 9.17) is 19.3 Å². The molecule has 1 aromatic carbocycles. The lowest BCUT2D eigenvalue weighted by atomic mass is 10.0. The summed E-state index contributed by atoms with van der Waals surface area (Å²) in [6, 6.07) is 1.03. The van der Waals surface area contributed by atoms with Gasteiger partial charge in [-0.05, 0) is 13.0 Å². The van der Waals surface area contributed by atoms with E-state index in [-0.39, 0.29) is 29.2 Å². The summed E-state index contributed by atoms with van der Waals surface area (Å²) in [5, 5.41) is 19.0. The van der Waals surface area contributed by atoms with Crippen molar-refractivity contribution in [3.8, 4) is 17.2 Å². The number of esters is 1. The Morgan fingerprint density at radius 2 is 1.89 bits per heavy atom. The van der Waals surface area contributed by atoms with Gasteiger partial charge in [0.05, 0.1) is 26.4 Å². The number of rotatable bonds is 5. The number of carboxylic acid groups (broad SMARTS) is 1. The standard InChI is InChI=1S/C12H14O7/c1-4-19-12(16)8-6(11(14)15)5-7(17-2)9(13)10(8)18-3/h5,13H,4H2,1-3H3,(H,14,15). The zero-order valence-corrected chi connectivity index (χ0v) is 10.7. The fraction of sp³-hybridized carbons (Fsp3) is 0.333. The molecule has 0 unspecified atom stereocenters. The minimum absolute atomic E-state index is 0.0633. The molecule has 0 heterocycles. The molecule has 0 aliphatic heterocycles. The molecule has 0 aliphatic carbocycles. The largest absolute Gasteiger partial charge is 0.502 e. The Morgan fingerprint density at radius 1 is 1.26 bits per heavy atom. The second kappa shape index (κ2) is 5.94. The second-order valence-corrected chi connectivity index (χ2v) is 3.41. The van der Waals surface area contributed by atoms with E-state index in [1.807, 2.05) is 0 Å². The number of ether oxygens (including phenoxy) is 3. The fourth-order valence-corrected chi connectivity index (χ4v) is 1.55. The molecule has 0 amide bonds. The van der Waals surface area contributed by atoms with Gasteiger partial charge in [0.2, 0.25) is 5.75 Å². The highest BCUT2D eigenvalue weighted by Gasteiger charge is 2.28. The highest BCUT2D eigenvalue weighted by Crippen LogP contribution is 2.41. The topological polar surface area (TPSA) is 102 Å². The fourth-order valence-electron chi connectivity index (χ4n) is 1.55. The average Bonchev–Trinajstić information content (AvgIpc) is 2.37. The number of carboxylic acids is 1. The molecule has 0 aromatic heterocycles. The van der Waals surface area contributed by atoms with Gasteiger partial charge in [0, 0.05) is 0 Å². The number of phenols is 1. The molecule has 0 radical (unpaired) electrons. The molecule has 2 N–H and O–H groups in total. The lowest BCUT2D eigenvalue weighted by Crippen LogP contribution is -2.14. The number of hydrogen-bond donors (Lipinski definition) is 2. The van der Waals surface area contributed by atoms with Crippen LogP contribution in [0, 0.1) is 0 Å². The number of hydrogen-bond acceptors (Lipinski definition) is 6. The van der Waals surface area contributed by atoms with Crippen LogP contribution in [0.3, 0.4) is 0 Å². The van der Waals surface area contributed by atoms with E-state index < -0.39 is 17.7 Å². The van der Waals surface area contributed by atoms with Gasteiger partial charge in [0.25, 0.3) is 0 Å². The van der Waals surface area contributed by atoms with Crippen molar-refractivity contribution in [1.82, 2.24) is 0 Å². The van der Waals surface area contributed by atoms with Crippen molar-refractivity contribution in [2.45, 2.75) is 6.92 Å². The maximum absolute atomic E-state index is 11.8. The zero-order chi connectivity index (χ0) is 14.6. The molecule has 0 spiro atoms. The first-order valence-corrected chi connectivity index (χ1v) is 5.36. The monoisotopic (exact) mass is 270 g/mol. The molecule has 19 heavy (non-hydrogen) atoms. The summed E-state index contributed by atoms with van der Waals surface area (Å²) in [4.78, 5) is 23.0. The Morgan fingerprint density at radius 3 is 2.32 bits per heavy atom. The van der Waals surface area contributed by atoms with E-state index in [2.05, 4.69) is 0 Å². The SMILES string of the molecule is CCOC(=O)c1c(C(=O)O)cc(OC)c(O)c1OC. The van der Waals surface area contributed by atoms with Gasteiger partial charge in [-0.2, -0.15) is 0 Å². The summed E-state index contributed by atoms with van der Waals surface area (Å²) < 4.78 is 14.5. The molecule has 7 heteroatoms. The minimum atomic E-state index is -1.36. The molecule has 0 saturated heterocycles. The summed E-state index contributed by atoms with van der Waals surface area (Å²) in [7, 11) is 2.45.